The van der Waals surface area contributed by atoms with Gasteiger partial charge in [0.2, 0.25) is 5.95 Å². The largest absolute Gasteiger partial charge is 0.394 e. The molecule has 3 heterocycles. The third-order valence-corrected chi connectivity index (χ3v) is 4.47. The second-order valence-electron chi connectivity index (χ2n) is 7.27. The lowest BCUT2D eigenvalue weighted by atomic mass is 10.2. The zero-order valence-electron chi connectivity index (χ0n) is 17.7. The van der Waals surface area contributed by atoms with E-state index >= 15 is 0 Å². The maximum absolute atomic E-state index is 9.38. The number of rotatable bonds is 9. The Bertz CT molecular complexity index is 966. The van der Waals surface area contributed by atoms with Crippen LogP contribution in [0.3, 0.4) is 0 Å². The first-order valence-corrected chi connectivity index (χ1v) is 9.75. The molecule has 0 aliphatic heterocycles. The van der Waals surface area contributed by atoms with Crippen molar-refractivity contribution in [2.75, 3.05) is 31.0 Å². The molecule has 3 N–H and O–H groups in total. The van der Waals surface area contributed by atoms with Crippen molar-refractivity contribution in [3.05, 3.63) is 29.1 Å². The maximum Gasteiger partial charge on any atom is 0.225 e. The monoisotopic (exact) mass is 399 g/mol. The van der Waals surface area contributed by atoms with Crippen LogP contribution in [0.1, 0.15) is 30.3 Å². The van der Waals surface area contributed by atoms with Crippen LogP contribution < -0.4 is 10.6 Å². The van der Waals surface area contributed by atoms with Gasteiger partial charge in [0.1, 0.15) is 16.9 Å². The third kappa shape index (κ3) is 4.99. The van der Waals surface area contributed by atoms with Crippen LogP contribution in [0.5, 0.6) is 0 Å². The number of nitrogens with zero attached hydrogens (tertiary/aromatic N) is 5. The number of nitrogens with one attached hydrogen (secondary N) is 2. The smallest absolute Gasteiger partial charge is 0.225 e. The van der Waals surface area contributed by atoms with Crippen LogP contribution in [0.25, 0.3) is 11.0 Å². The predicted octanol–water partition coefficient (Wildman–Crippen LogP) is 2.72. The summed E-state index contributed by atoms with van der Waals surface area (Å²) in [5.74, 6) is 1.77. The molecule has 0 saturated heterocycles. The summed E-state index contributed by atoms with van der Waals surface area (Å²) in [4.78, 5) is 13.9. The van der Waals surface area contributed by atoms with E-state index in [1.54, 1.807) is 7.11 Å². The number of aliphatic hydroxyl groups is 1. The van der Waals surface area contributed by atoms with Crippen LogP contribution in [0, 0.1) is 20.8 Å². The summed E-state index contributed by atoms with van der Waals surface area (Å²) in [7, 11) is 1.69. The van der Waals surface area contributed by atoms with Gasteiger partial charge in [-0.15, -0.1) is 0 Å². The minimum Gasteiger partial charge on any atom is -0.394 e. The molecule has 9 nitrogen and oxygen atoms in total. The highest BCUT2D eigenvalue weighted by Crippen LogP contribution is 2.27. The summed E-state index contributed by atoms with van der Waals surface area (Å²) in [6.45, 7) is 9.12. The Hall–Kier alpha value is -2.78. The summed E-state index contributed by atoms with van der Waals surface area (Å²) in [5.41, 5.74) is 4.44. The van der Waals surface area contributed by atoms with E-state index in [0.717, 1.165) is 34.4 Å². The van der Waals surface area contributed by atoms with E-state index in [-0.39, 0.29) is 12.6 Å². The molecule has 0 fully saturated rings. The van der Waals surface area contributed by atoms with Crippen molar-refractivity contribution in [3.8, 4) is 0 Å². The van der Waals surface area contributed by atoms with Crippen LogP contribution in [0.15, 0.2) is 12.1 Å². The quantitative estimate of drug-likeness (QED) is 0.471. The van der Waals surface area contributed by atoms with Crippen molar-refractivity contribution in [2.24, 2.45) is 0 Å². The molecule has 0 aliphatic carbocycles. The number of ether oxygens (including phenoxy) is 1. The van der Waals surface area contributed by atoms with Crippen LogP contribution in [-0.4, -0.2) is 56.2 Å². The zero-order valence-corrected chi connectivity index (χ0v) is 17.7. The van der Waals surface area contributed by atoms with Crippen LogP contribution in [0.4, 0.5) is 17.6 Å². The Morgan fingerprint density at radius 1 is 1.17 bits per heavy atom. The van der Waals surface area contributed by atoms with Gasteiger partial charge in [-0.25, -0.2) is 9.97 Å². The number of methoxy groups -OCH3 is 1. The van der Waals surface area contributed by atoms with Gasteiger partial charge in [0, 0.05) is 32.0 Å². The zero-order chi connectivity index (χ0) is 21.0. The van der Waals surface area contributed by atoms with Crippen molar-refractivity contribution in [1.82, 2.24) is 24.7 Å². The number of anilines is 3. The molecule has 3 aromatic heterocycles. The van der Waals surface area contributed by atoms with E-state index in [1.165, 1.54) is 0 Å². The molecule has 0 saturated carbocycles. The fraction of sp³-hybridized carbons (Fsp3) is 0.500. The molecule has 3 aromatic rings. The number of hydrogen-bond acceptors (Lipinski definition) is 8. The number of aromatic nitrogens is 5. The Labute approximate surface area is 170 Å². The molecule has 1 atom stereocenters. The molecule has 29 heavy (non-hydrogen) atoms. The fourth-order valence-corrected chi connectivity index (χ4v) is 3.19. The molecule has 0 aromatic carbocycles. The SMILES string of the molecule is COCCCn1nc(C)c2nc(N[C@@H](C)CO)nc(Nc3cc(C)cc(C)n3)c21. The highest BCUT2D eigenvalue weighted by Gasteiger charge is 2.18. The van der Waals surface area contributed by atoms with Gasteiger partial charge in [0.05, 0.1) is 12.3 Å². The Balaban J connectivity index is 2.08. The van der Waals surface area contributed by atoms with Crippen molar-refractivity contribution >= 4 is 28.6 Å². The standard InChI is InChI=1S/C20H29N7O2/c1-12-9-13(2)21-16(10-12)23-19-18-17(24-20(25-19)22-14(3)11-28)15(4)26-27(18)7-6-8-29-5/h9-10,14,28H,6-8,11H2,1-5H3,(H2,21,22,23,24,25)/t14-/m0/s1. The second-order valence-corrected chi connectivity index (χ2v) is 7.27. The number of aliphatic hydroxyl groups excluding tert-OH is 1. The lowest BCUT2D eigenvalue weighted by Gasteiger charge is -2.14. The van der Waals surface area contributed by atoms with Crippen molar-refractivity contribution < 1.29 is 9.84 Å². The van der Waals surface area contributed by atoms with Gasteiger partial charge in [-0.2, -0.15) is 10.1 Å². The van der Waals surface area contributed by atoms with E-state index in [1.807, 2.05) is 44.5 Å². The summed E-state index contributed by atoms with van der Waals surface area (Å²) >= 11 is 0. The first kappa shape index (κ1) is 20.9. The topological polar surface area (TPSA) is 110 Å². The van der Waals surface area contributed by atoms with Crippen molar-refractivity contribution in [2.45, 2.75) is 46.7 Å². The summed E-state index contributed by atoms with van der Waals surface area (Å²) in [6, 6.07) is 3.83. The number of pyridine rings is 1. The molecule has 3 rings (SSSR count). The Kier molecular flexibility index (Phi) is 6.60. The van der Waals surface area contributed by atoms with Crippen LogP contribution in [-0.2, 0) is 11.3 Å². The third-order valence-electron chi connectivity index (χ3n) is 4.47. The van der Waals surface area contributed by atoms with E-state index in [0.29, 0.717) is 30.7 Å². The molecule has 0 radical (unpaired) electrons. The number of aryl methyl sites for hydroxylation is 4. The fourth-order valence-electron chi connectivity index (χ4n) is 3.19. The van der Waals surface area contributed by atoms with Crippen molar-refractivity contribution in [3.63, 3.8) is 0 Å². The molecule has 0 unspecified atom stereocenters. The first-order chi connectivity index (χ1) is 13.9. The van der Waals surface area contributed by atoms with Gasteiger partial charge in [0.25, 0.3) is 0 Å². The molecule has 0 bridgehead atoms. The molecular weight excluding hydrogens is 370 g/mol. The Morgan fingerprint density at radius 2 is 1.97 bits per heavy atom. The number of fused-ring (bicyclic) bond motifs is 1. The minimum absolute atomic E-state index is 0.0158. The molecule has 9 heteroatoms. The summed E-state index contributed by atoms with van der Waals surface area (Å²) < 4.78 is 7.09. The van der Waals surface area contributed by atoms with Gasteiger partial charge >= 0.3 is 0 Å². The second kappa shape index (κ2) is 9.15. The molecular formula is C20H29N7O2. The van der Waals surface area contributed by atoms with E-state index in [4.69, 9.17) is 4.74 Å². The highest BCUT2D eigenvalue weighted by atomic mass is 16.5. The van der Waals surface area contributed by atoms with Gasteiger partial charge in [0.15, 0.2) is 5.82 Å². The van der Waals surface area contributed by atoms with E-state index in [2.05, 4.69) is 30.7 Å². The van der Waals surface area contributed by atoms with Gasteiger partial charge in [-0.05, 0) is 51.8 Å². The lowest BCUT2D eigenvalue weighted by Crippen LogP contribution is -2.21. The molecule has 156 valence electrons. The predicted molar refractivity (Wildman–Crippen MR) is 114 cm³/mol. The molecule has 0 aliphatic rings. The average Bonchev–Trinajstić information content (AvgIpc) is 2.97. The molecule has 0 spiro atoms. The Morgan fingerprint density at radius 3 is 2.66 bits per heavy atom. The van der Waals surface area contributed by atoms with Gasteiger partial charge in [-0.3, -0.25) is 4.68 Å². The number of hydrogen-bond donors (Lipinski definition) is 3. The van der Waals surface area contributed by atoms with Gasteiger partial charge < -0.3 is 20.5 Å². The van der Waals surface area contributed by atoms with E-state index < -0.39 is 0 Å². The van der Waals surface area contributed by atoms with Crippen LogP contribution >= 0.6 is 0 Å². The first-order valence-electron chi connectivity index (χ1n) is 9.75. The normalized spacial score (nSPS) is 12.3. The summed E-state index contributed by atoms with van der Waals surface area (Å²) in [6.07, 6.45) is 0.829. The van der Waals surface area contributed by atoms with Crippen molar-refractivity contribution in [1.29, 1.82) is 0 Å². The van der Waals surface area contributed by atoms with Crippen LogP contribution in [0.2, 0.25) is 0 Å². The highest BCUT2D eigenvalue weighted by molar-refractivity contribution is 5.90. The van der Waals surface area contributed by atoms with Gasteiger partial charge in [-0.1, -0.05) is 0 Å². The maximum atomic E-state index is 9.38. The molecule has 0 amide bonds. The van der Waals surface area contributed by atoms with E-state index in [9.17, 15) is 5.11 Å². The minimum atomic E-state index is -0.170. The summed E-state index contributed by atoms with van der Waals surface area (Å²) in [5, 5.41) is 20.5. The average molecular weight is 399 g/mol. The lowest BCUT2D eigenvalue weighted by molar-refractivity contribution is 0.189.